The molecule has 1 heterocycles. The average Bonchev–Trinajstić information content (AvgIpc) is 3.32. The van der Waals surface area contributed by atoms with E-state index in [-0.39, 0.29) is 18.2 Å². The normalized spacial score (nSPS) is 14.7. The van der Waals surface area contributed by atoms with Gasteiger partial charge in [-0.15, -0.1) is 0 Å². The van der Waals surface area contributed by atoms with Gasteiger partial charge in [0.15, 0.2) is 0 Å². The van der Waals surface area contributed by atoms with Crippen molar-refractivity contribution in [1.82, 2.24) is 10.6 Å². The first-order valence-electron chi connectivity index (χ1n) is 9.64. The Morgan fingerprint density at radius 2 is 1.85 bits per heavy atom. The van der Waals surface area contributed by atoms with Crippen LogP contribution in [0, 0.1) is 0 Å². The largest absolute Gasteiger partial charge is 0.464 e. The first-order chi connectivity index (χ1) is 13.2. The van der Waals surface area contributed by atoms with Gasteiger partial charge >= 0.3 is 0 Å². The van der Waals surface area contributed by atoms with Crippen LogP contribution in [0.1, 0.15) is 37.7 Å². The fourth-order valence-electron chi connectivity index (χ4n) is 3.93. The lowest BCUT2D eigenvalue weighted by Crippen LogP contribution is -2.35. The van der Waals surface area contributed by atoms with Crippen LogP contribution in [-0.2, 0) is 16.0 Å². The first kappa shape index (κ1) is 17.6. The Bertz CT molecular complexity index is 970. The molecule has 3 aromatic rings. The second-order valence-electron chi connectivity index (χ2n) is 7.25. The van der Waals surface area contributed by atoms with Gasteiger partial charge in [0.05, 0.1) is 12.7 Å². The predicted molar refractivity (Wildman–Crippen MR) is 105 cm³/mol. The molecule has 5 heteroatoms. The number of amides is 2. The zero-order valence-corrected chi connectivity index (χ0v) is 15.3. The van der Waals surface area contributed by atoms with Crippen molar-refractivity contribution >= 4 is 33.6 Å². The Balaban J connectivity index is 1.35. The van der Waals surface area contributed by atoms with E-state index in [0.717, 1.165) is 40.1 Å². The Labute approximate surface area is 158 Å². The Kier molecular flexibility index (Phi) is 5.10. The number of carbonyl (C=O) groups is 2. The third-order valence-electron chi connectivity index (χ3n) is 5.29. The number of hydrogen-bond donors (Lipinski definition) is 2. The lowest BCUT2D eigenvalue weighted by molar-refractivity contribution is -0.122. The molecule has 1 aromatic heterocycles. The van der Waals surface area contributed by atoms with Crippen molar-refractivity contribution in [3.05, 3.63) is 48.2 Å². The second kappa shape index (κ2) is 7.82. The van der Waals surface area contributed by atoms with E-state index in [4.69, 9.17) is 4.42 Å². The summed E-state index contributed by atoms with van der Waals surface area (Å²) in [7, 11) is 0. The van der Waals surface area contributed by atoms with E-state index in [1.54, 1.807) is 6.26 Å². The van der Waals surface area contributed by atoms with Gasteiger partial charge in [0.25, 0.3) is 0 Å². The molecule has 27 heavy (non-hydrogen) atoms. The molecule has 0 saturated heterocycles. The summed E-state index contributed by atoms with van der Waals surface area (Å²) in [6, 6.07) is 12.4. The fourth-order valence-corrected chi connectivity index (χ4v) is 3.93. The molecule has 140 valence electrons. The SMILES string of the molecule is O=C(Cc1coc2ccc3ccccc3c12)NCCC(=O)NC1CCCC1. The first-order valence-corrected chi connectivity index (χ1v) is 9.64. The third kappa shape index (κ3) is 3.97. The fraction of sp³-hybridized carbons (Fsp3) is 0.364. The standard InChI is InChI=1S/C22H24N2O3/c25-20(24-17-6-2-3-7-17)11-12-23-21(26)13-16-14-27-19-10-9-15-5-1-4-8-18(15)22(16)19/h1,4-5,8-10,14,17H,2-3,6-7,11-13H2,(H,23,26)(H,24,25). The van der Waals surface area contributed by atoms with Crippen molar-refractivity contribution in [3.63, 3.8) is 0 Å². The number of carbonyl (C=O) groups excluding carboxylic acids is 2. The molecule has 2 aromatic carbocycles. The summed E-state index contributed by atoms with van der Waals surface area (Å²) < 4.78 is 5.63. The predicted octanol–water partition coefficient (Wildman–Crippen LogP) is 3.69. The number of rotatable bonds is 6. The number of furan rings is 1. The summed E-state index contributed by atoms with van der Waals surface area (Å²) >= 11 is 0. The highest BCUT2D eigenvalue weighted by molar-refractivity contribution is 6.08. The van der Waals surface area contributed by atoms with Crippen molar-refractivity contribution in [2.45, 2.75) is 44.6 Å². The highest BCUT2D eigenvalue weighted by Gasteiger charge is 2.17. The van der Waals surface area contributed by atoms with Crippen molar-refractivity contribution in [2.24, 2.45) is 0 Å². The van der Waals surface area contributed by atoms with E-state index in [0.29, 0.717) is 19.0 Å². The van der Waals surface area contributed by atoms with Crippen molar-refractivity contribution in [2.75, 3.05) is 6.54 Å². The number of fused-ring (bicyclic) bond motifs is 3. The highest BCUT2D eigenvalue weighted by Crippen LogP contribution is 2.30. The van der Waals surface area contributed by atoms with Crippen molar-refractivity contribution in [3.8, 4) is 0 Å². The molecule has 0 unspecified atom stereocenters. The summed E-state index contributed by atoms with van der Waals surface area (Å²) in [6.45, 7) is 0.355. The molecule has 0 atom stereocenters. The van der Waals surface area contributed by atoms with E-state index in [2.05, 4.69) is 16.7 Å². The minimum atomic E-state index is -0.0979. The van der Waals surface area contributed by atoms with E-state index in [1.165, 1.54) is 12.8 Å². The molecule has 1 aliphatic carbocycles. The number of nitrogens with one attached hydrogen (secondary N) is 2. The molecule has 0 aliphatic heterocycles. The molecule has 1 aliphatic rings. The van der Waals surface area contributed by atoms with Crippen molar-refractivity contribution in [1.29, 1.82) is 0 Å². The topological polar surface area (TPSA) is 71.3 Å². The van der Waals surface area contributed by atoms with Gasteiger partial charge in [-0.05, 0) is 29.7 Å². The lowest BCUT2D eigenvalue weighted by Gasteiger charge is -2.12. The number of hydrogen-bond acceptors (Lipinski definition) is 3. The van der Waals surface area contributed by atoms with Crippen LogP contribution in [0.4, 0.5) is 0 Å². The summed E-state index contributed by atoms with van der Waals surface area (Å²) in [5.41, 5.74) is 1.65. The van der Waals surface area contributed by atoms with E-state index in [1.807, 2.05) is 30.3 Å². The summed E-state index contributed by atoms with van der Waals surface area (Å²) in [6.07, 6.45) is 6.73. The van der Waals surface area contributed by atoms with E-state index in [9.17, 15) is 9.59 Å². The molecule has 2 amide bonds. The average molecular weight is 364 g/mol. The Morgan fingerprint density at radius 1 is 1.04 bits per heavy atom. The maximum Gasteiger partial charge on any atom is 0.224 e. The van der Waals surface area contributed by atoms with Crippen LogP contribution in [0.2, 0.25) is 0 Å². The van der Waals surface area contributed by atoms with Crippen LogP contribution >= 0.6 is 0 Å². The van der Waals surface area contributed by atoms with Gasteiger partial charge in [-0.3, -0.25) is 9.59 Å². The summed E-state index contributed by atoms with van der Waals surface area (Å²) in [5.74, 6) is -0.0822. The minimum absolute atomic E-state index is 0.0157. The Morgan fingerprint density at radius 3 is 2.70 bits per heavy atom. The Hall–Kier alpha value is -2.82. The molecule has 0 spiro atoms. The van der Waals surface area contributed by atoms with Gasteiger partial charge in [-0.1, -0.05) is 43.2 Å². The molecular formula is C22H24N2O3. The van der Waals surface area contributed by atoms with Gasteiger partial charge in [-0.2, -0.15) is 0 Å². The molecule has 1 fully saturated rings. The monoisotopic (exact) mass is 364 g/mol. The molecule has 4 rings (SSSR count). The van der Waals surface area contributed by atoms with Crippen LogP contribution in [0.15, 0.2) is 47.1 Å². The smallest absolute Gasteiger partial charge is 0.224 e. The molecule has 5 nitrogen and oxygen atoms in total. The highest BCUT2D eigenvalue weighted by atomic mass is 16.3. The lowest BCUT2D eigenvalue weighted by atomic mass is 10.0. The zero-order chi connectivity index (χ0) is 18.6. The van der Waals surface area contributed by atoms with Gasteiger partial charge in [0, 0.05) is 30.0 Å². The van der Waals surface area contributed by atoms with Gasteiger partial charge in [0.1, 0.15) is 5.58 Å². The maximum atomic E-state index is 12.3. The van der Waals surface area contributed by atoms with Gasteiger partial charge < -0.3 is 15.1 Å². The van der Waals surface area contributed by atoms with E-state index >= 15 is 0 Å². The van der Waals surface area contributed by atoms with E-state index < -0.39 is 0 Å². The van der Waals surface area contributed by atoms with Crippen LogP contribution < -0.4 is 10.6 Å². The van der Waals surface area contributed by atoms with Crippen LogP contribution in [-0.4, -0.2) is 24.4 Å². The van der Waals surface area contributed by atoms with Crippen LogP contribution in [0.3, 0.4) is 0 Å². The minimum Gasteiger partial charge on any atom is -0.464 e. The molecule has 1 saturated carbocycles. The van der Waals surface area contributed by atoms with Gasteiger partial charge in [-0.25, -0.2) is 0 Å². The van der Waals surface area contributed by atoms with Crippen LogP contribution in [0.25, 0.3) is 21.7 Å². The van der Waals surface area contributed by atoms with Gasteiger partial charge in [0.2, 0.25) is 11.8 Å². The quantitative estimate of drug-likeness (QED) is 0.701. The number of benzene rings is 2. The van der Waals surface area contributed by atoms with Crippen LogP contribution in [0.5, 0.6) is 0 Å². The molecular weight excluding hydrogens is 340 g/mol. The molecule has 2 N–H and O–H groups in total. The molecule has 0 radical (unpaired) electrons. The maximum absolute atomic E-state index is 12.3. The summed E-state index contributed by atoms with van der Waals surface area (Å²) in [5, 5.41) is 9.08. The van der Waals surface area contributed by atoms with Crippen molar-refractivity contribution < 1.29 is 14.0 Å². The third-order valence-corrected chi connectivity index (χ3v) is 5.29. The zero-order valence-electron chi connectivity index (χ0n) is 15.3. The second-order valence-corrected chi connectivity index (χ2v) is 7.25. The summed E-state index contributed by atoms with van der Waals surface area (Å²) in [4.78, 5) is 24.3. The molecule has 0 bridgehead atoms.